The molecule has 0 radical (unpaired) electrons. The smallest absolute Gasteiger partial charge is 0.337 e. The molecule has 7 nitrogen and oxygen atoms in total. The predicted octanol–water partition coefficient (Wildman–Crippen LogP) is 3.68. The Balaban J connectivity index is 1.76. The third-order valence-electron chi connectivity index (χ3n) is 4.75. The molecule has 3 aromatic rings. The van der Waals surface area contributed by atoms with Crippen LogP contribution in [0.15, 0.2) is 88.7 Å². The molecule has 8 heteroatoms. The van der Waals surface area contributed by atoms with E-state index in [1.807, 2.05) is 0 Å². The minimum absolute atomic E-state index is 0.0573. The van der Waals surface area contributed by atoms with E-state index in [1.165, 1.54) is 13.2 Å². The van der Waals surface area contributed by atoms with Gasteiger partial charge in [-0.05, 0) is 42.5 Å². The number of methoxy groups -OCH3 is 1. The van der Waals surface area contributed by atoms with Crippen molar-refractivity contribution < 1.29 is 22.7 Å². The standard InChI is InChI=1S/C23H18N2O5S/c1-30-23(27)15-11-13-17(14-12-15)24-20-18-9-5-6-10-19(18)31(28,29)21(20)22(26)25-16-7-3-2-4-8-16/h2-14,24H,1H3,(H,25,26). The normalized spacial score (nSPS) is 14.0. The summed E-state index contributed by atoms with van der Waals surface area (Å²) in [5, 5.41) is 5.69. The lowest BCUT2D eigenvalue weighted by Crippen LogP contribution is -2.20. The van der Waals surface area contributed by atoms with Crippen LogP contribution in [0.1, 0.15) is 15.9 Å². The molecule has 0 saturated heterocycles. The van der Waals surface area contributed by atoms with Gasteiger partial charge in [-0.25, -0.2) is 13.2 Å². The summed E-state index contributed by atoms with van der Waals surface area (Å²) in [5.74, 6) is -1.22. The molecule has 0 unspecified atom stereocenters. The van der Waals surface area contributed by atoms with Crippen LogP contribution in [0.2, 0.25) is 0 Å². The summed E-state index contributed by atoms with van der Waals surface area (Å²) in [4.78, 5) is 24.4. The molecule has 4 rings (SSSR count). The number of carbonyl (C=O) groups excluding carboxylic acids is 2. The van der Waals surface area contributed by atoms with Crippen molar-refractivity contribution in [1.82, 2.24) is 0 Å². The van der Waals surface area contributed by atoms with E-state index in [0.717, 1.165) is 0 Å². The van der Waals surface area contributed by atoms with Crippen LogP contribution in [-0.2, 0) is 19.4 Å². The van der Waals surface area contributed by atoms with Crippen LogP contribution >= 0.6 is 0 Å². The number of nitrogens with one attached hydrogen (secondary N) is 2. The SMILES string of the molecule is COC(=O)c1ccc(NC2=C(C(=O)Nc3ccccc3)S(=O)(=O)c3ccccc32)cc1. The zero-order valence-corrected chi connectivity index (χ0v) is 17.3. The lowest BCUT2D eigenvalue weighted by atomic mass is 10.1. The number of ether oxygens (including phenoxy) is 1. The van der Waals surface area contributed by atoms with Crippen molar-refractivity contribution in [2.75, 3.05) is 17.7 Å². The predicted molar refractivity (Wildman–Crippen MR) is 117 cm³/mol. The molecule has 1 aliphatic rings. The number of carbonyl (C=O) groups is 2. The number of anilines is 2. The second-order valence-electron chi connectivity index (χ2n) is 6.72. The third-order valence-corrected chi connectivity index (χ3v) is 6.62. The van der Waals surface area contributed by atoms with E-state index in [9.17, 15) is 18.0 Å². The molecular formula is C23H18N2O5S. The van der Waals surface area contributed by atoms with Crippen molar-refractivity contribution in [2.24, 2.45) is 0 Å². The third kappa shape index (κ3) is 3.80. The molecule has 0 aliphatic carbocycles. The van der Waals surface area contributed by atoms with Gasteiger partial charge in [0.05, 0.1) is 23.3 Å². The Morgan fingerprint density at radius 3 is 2.13 bits per heavy atom. The fourth-order valence-electron chi connectivity index (χ4n) is 3.29. The minimum Gasteiger partial charge on any atom is -0.465 e. The number of rotatable bonds is 5. The highest BCUT2D eigenvalue weighted by Gasteiger charge is 2.40. The molecule has 2 N–H and O–H groups in total. The number of amides is 1. The van der Waals surface area contributed by atoms with Crippen molar-refractivity contribution in [2.45, 2.75) is 4.90 Å². The zero-order chi connectivity index (χ0) is 22.0. The summed E-state index contributed by atoms with van der Waals surface area (Å²) in [6.45, 7) is 0. The first-order chi connectivity index (χ1) is 14.9. The Morgan fingerprint density at radius 2 is 1.45 bits per heavy atom. The van der Waals surface area contributed by atoms with E-state index in [1.54, 1.807) is 72.8 Å². The van der Waals surface area contributed by atoms with E-state index < -0.39 is 21.7 Å². The summed E-state index contributed by atoms with van der Waals surface area (Å²) >= 11 is 0. The Morgan fingerprint density at radius 1 is 0.806 bits per heavy atom. The summed E-state index contributed by atoms with van der Waals surface area (Å²) in [6.07, 6.45) is 0. The van der Waals surface area contributed by atoms with Gasteiger partial charge in [0.1, 0.15) is 0 Å². The van der Waals surface area contributed by atoms with Crippen molar-refractivity contribution in [3.63, 3.8) is 0 Å². The van der Waals surface area contributed by atoms with Gasteiger partial charge in [-0.3, -0.25) is 4.79 Å². The number of hydrogen-bond acceptors (Lipinski definition) is 6. The van der Waals surface area contributed by atoms with Gasteiger partial charge in [-0.2, -0.15) is 0 Å². The largest absolute Gasteiger partial charge is 0.465 e. The number of esters is 1. The lowest BCUT2D eigenvalue weighted by Gasteiger charge is -2.12. The van der Waals surface area contributed by atoms with Crippen LogP contribution in [0.5, 0.6) is 0 Å². The van der Waals surface area contributed by atoms with Gasteiger partial charge in [-0.1, -0.05) is 36.4 Å². The van der Waals surface area contributed by atoms with Gasteiger partial charge in [0.15, 0.2) is 4.91 Å². The molecule has 0 fully saturated rings. The molecule has 3 aromatic carbocycles. The molecule has 156 valence electrons. The van der Waals surface area contributed by atoms with Crippen LogP contribution in [0.3, 0.4) is 0 Å². The fourth-order valence-corrected chi connectivity index (χ4v) is 4.96. The van der Waals surface area contributed by atoms with Crippen LogP contribution < -0.4 is 10.6 Å². The lowest BCUT2D eigenvalue weighted by molar-refractivity contribution is -0.112. The Labute approximate surface area is 179 Å². The maximum Gasteiger partial charge on any atom is 0.337 e. The Bertz CT molecular complexity index is 1300. The Kier molecular flexibility index (Phi) is 5.31. The molecule has 0 atom stereocenters. The van der Waals surface area contributed by atoms with Crippen molar-refractivity contribution in [1.29, 1.82) is 0 Å². The first-order valence-corrected chi connectivity index (χ1v) is 10.8. The van der Waals surface area contributed by atoms with Gasteiger partial charge >= 0.3 is 5.97 Å². The van der Waals surface area contributed by atoms with E-state index in [4.69, 9.17) is 0 Å². The van der Waals surface area contributed by atoms with E-state index >= 15 is 0 Å². The van der Waals surface area contributed by atoms with Crippen LogP contribution in [0.25, 0.3) is 5.70 Å². The minimum atomic E-state index is -4.03. The molecule has 31 heavy (non-hydrogen) atoms. The molecule has 0 aromatic heterocycles. The summed E-state index contributed by atoms with van der Waals surface area (Å²) < 4.78 is 31.0. The molecule has 1 heterocycles. The Hall–Kier alpha value is -3.91. The average Bonchev–Trinajstić information content (AvgIpc) is 3.01. The molecule has 0 bridgehead atoms. The monoisotopic (exact) mass is 434 g/mol. The van der Waals surface area contributed by atoms with Crippen LogP contribution in [0, 0.1) is 0 Å². The number of benzene rings is 3. The highest BCUT2D eigenvalue weighted by Crippen LogP contribution is 2.40. The van der Waals surface area contributed by atoms with E-state index in [-0.39, 0.29) is 15.5 Å². The van der Waals surface area contributed by atoms with E-state index in [0.29, 0.717) is 22.5 Å². The van der Waals surface area contributed by atoms with Crippen molar-refractivity contribution in [3.05, 3.63) is 94.9 Å². The van der Waals surface area contributed by atoms with Crippen LogP contribution in [0.4, 0.5) is 11.4 Å². The summed E-state index contributed by atoms with van der Waals surface area (Å²) in [6, 6.07) is 21.4. The fraction of sp³-hybridized carbons (Fsp3) is 0.0435. The van der Waals surface area contributed by atoms with E-state index in [2.05, 4.69) is 15.4 Å². The average molecular weight is 434 g/mol. The molecule has 1 aliphatic heterocycles. The highest BCUT2D eigenvalue weighted by atomic mass is 32.2. The first-order valence-electron chi connectivity index (χ1n) is 9.32. The first kappa shape index (κ1) is 20.4. The zero-order valence-electron chi connectivity index (χ0n) is 16.5. The molecule has 0 spiro atoms. The van der Waals surface area contributed by atoms with Crippen molar-refractivity contribution in [3.8, 4) is 0 Å². The number of fused-ring (bicyclic) bond motifs is 1. The molecular weight excluding hydrogens is 416 g/mol. The van der Waals surface area contributed by atoms with Crippen molar-refractivity contribution >= 4 is 38.8 Å². The molecule has 0 saturated carbocycles. The maximum atomic E-state index is 13.2. The number of hydrogen-bond donors (Lipinski definition) is 2. The second-order valence-corrected chi connectivity index (χ2v) is 8.57. The van der Waals surface area contributed by atoms with Crippen LogP contribution in [-0.4, -0.2) is 27.4 Å². The van der Waals surface area contributed by atoms with Gasteiger partial charge in [-0.15, -0.1) is 0 Å². The van der Waals surface area contributed by atoms with Gasteiger partial charge in [0, 0.05) is 16.9 Å². The molecule has 1 amide bonds. The van der Waals surface area contributed by atoms with Gasteiger partial charge in [0.2, 0.25) is 9.84 Å². The number of para-hydroxylation sites is 1. The summed E-state index contributed by atoms with van der Waals surface area (Å²) in [7, 11) is -2.74. The van der Waals surface area contributed by atoms with Gasteiger partial charge < -0.3 is 15.4 Å². The highest BCUT2D eigenvalue weighted by molar-refractivity contribution is 7.97. The maximum absolute atomic E-state index is 13.2. The quantitative estimate of drug-likeness (QED) is 0.594. The topological polar surface area (TPSA) is 102 Å². The van der Waals surface area contributed by atoms with Gasteiger partial charge in [0.25, 0.3) is 5.91 Å². The second kappa shape index (κ2) is 8.08. The number of sulfone groups is 1. The summed E-state index contributed by atoms with van der Waals surface area (Å²) in [5.41, 5.74) is 1.92.